The fraction of sp³-hybridized carbons (Fsp3) is 0.353. The van der Waals surface area contributed by atoms with Crippen molar-refractivity contribution in [1.82, 2.24) is 14.8 Å². The van der Waals surface area contributed by atoms with E-state index in [9.17, 15) is 14.9 Å². The molecule has 1 aliphatic heterocycles. The minimum absolute atomic E-state index is 0.0190. The van der Waals surface area contributed by atoms with E-state index in [-0.39, 0.29) is 17.4 Å². The molecule has 1 aliphatic carbocycles. The standard InChI is InChI=1S/C17H17N5O3/c1-9-7-13-15(14(23)8-9)16(21-17(19-13)18-10(2)20-21)11-3-5-12(6-4-11)22(24)25/h3-6,9,16H,7-8H2,1-2H3,(H,18,19,20)/t9-,16+/m0/s1. The maximum absolute atomic E-state index is 12.7. The van der Waals surface area contributed by atoms with Crippen LogP contribution in [0, 0.1) is 23.0 Å². The van der Waals surface area contributed by atoms with Gasteiger partial charge in [-0.15, -0.1) is 0 Å². The molecule has 1 N–H and O–H groups in total. The zero-order chi connectivity index (χ0) is 17.7. The molecule has 1 aromatic carbocycles. The lowest BCUT2D eigenvalue weighted by atomic mass is 9.81. The summed E-state index contributed by atoms with van der Waals surface area (Å²) in [5.74, 6) is 1.56. The Morgan fingerprint density at radius 2 is 2.00 bits per heavy atom. The van der Waals surface area contributed by atoms with Gasteiger partial charge in [-0.1, -0.05) is 6.92 Å². The maximum Gasteiger partial charge on any atom is 0.269 e. The van der Waals surface area contributed by atoms with Crippen LogP contribution in [0.4, 0.5) is 11.6 Å². The number of fused-ring (bicyclic) bond motifs is 1. The molecule has 8 nitrogen and oxygen atoms in total. The number of nitro groups is 1. The number of hydrogen-bond donors (Lipinski definition) is 1. The summed E-state index contributed by atoms with van der Waals surface area (Å²) >= 11 is 0. The van der Waals surface area contributed by atoms with Gasteiger partial charge in [-0.05, 0) is 37.0 Å². The van der Waals surface area contributed by atoms with Gasteiger partial charge in [-0.3, -0.25) is 14.9 Å². The molecule has 0 saturated carbocycles. The number of nitro benzene ring substituents is 1. The van der Waals surface area contributed by atoms with Crippen LogP contribution in [0.15, 0.2) is 35.5 Å². The molecule has 0 saturated heterocycles. The van der Waals surface area contributed by atoms with Crippen LogP contribution in [0.25, 0.3) is 0 Å². The van der Waals surface area contributed by atoms with E-state index in [2.05, 4.69) is 22.3 Å². The molecule has 1 aromatic heterocycles. The van der Waals surface area contributed by atoms with Gasteiger partial charge in [0.15, 0.2) is 5.78 Å². The number of benzene rings is 1. The van der Waals surface area contributed by atoms with Crippen molar-refractivity contribution in [3.63, 3.8) is 0 Å². The Morgan fingerprint density at radius 3 is 2.68 bits per heavy atom. The number of allylic oxidation sites excluding steroid dienone is 2. The Labute approximate surface area is 143 Å². The molecular formula is C17H17N5O3. The number of hydrogen-bond acceptors (Lipinski definition) is 6. The highest BCUT2D eigenvalue weighted by atomic mass is 16.6. The van der Waals surface area contributed by atoms with Crippen molar-refractivity contribution >= 4 is 17.4 Å². The predicted molar refractivity (Wildman–Crippen MR) is 90.0 cm³/mol. The van der Waals surface area contributed by atoms with Crippen LogP contribution in [-0.4, -0.2) is 25.5 Å². The molecule has 0 bridgehead atoms. The second kappa shape index (κ2) is 5.51. The first-order valence-corrected chi connectivity index (χ1v) is 8.15. The molecule has 25 heavy (non-hydrogen) atoms. The third-order valence-electron chi connectivity index (χ3n) is 4.65. The van der Waals surface area contributed by atoms with Crippen molar-refractivity contribution in [2.75, 3.05) is 5.32 Å². The van der Waals surface area contributed by atoms with Crippen molar-refractivity contribution in [3.05, 3.63) is 57.0 Å². The number of nitrogens with zero attached hydrogens (tertiary/aromatic N) is 4. The van der Waals surface area contributed by atoms with Gasteiger partial charge in [-0.25, -0.2) is 4.68 Å². The smallest absolute Gasteiger partial charge is 0.269 e. The van der Waals surface area contributed by atoms with E-state index >= 15 is 0 Å². The van der Waals surface area contributed by atoms with Crippen molar-refractivity contribution in [2.45, 2.75) is 32.7 Å². The zero-order valence-electron chi connectivity index (χ0n) is 13.9. The van der Waals surface area contributed by atoms with Crippen LogP contribution in [0.1, 0.15) is 37.2 Å². The van der Waals surface area contributed by atoms with Crippen molar-refractivity contribution < 1.29 is 9.72 Å². The number of carbonyl (C=O) groups excluding carboxylic acids is 1. The van der Waals surface area contributed by atoms with Crippen LogP contribution in [0.3, 0.4) is 0 Å². The van der Waals surface area contributed by atoms with E-state index in [1.54, 1.807) is 23.7 Å². The molecule has 0 radical (unpaired) electrons. The van der Waals surface area contributed by atoms with Gasteiger partial charge in [0.2, 0.25) is 5.95 Å². The lowest BCUT2D eigenvalue weighted by molar-refractivity contribution is -0.384. The van der Waals surface area contributed by atoms with Crippen LogP contribution < -0.4 is 5.32 Å². The largest absolute Gasteiger partial charge is 0.328 e. The minimum atomic E-state index is -0.435. The highest BCUT2D eigenvalue weighted by Gasteiger charge is 2.38. The molecule has 2 aromatic rings. The van der Waals surface area contributed by atoms with Gasteiger partial charge in [0, 0.05) is 29.8 Å². The SMILES string of the molecule is Cc1nc2n(n1)[C@H](c1ccc([N+](=O)[O-])cc1)C1=C(C[C@H](C)CC1=O)N2. The normalized spacial score (nSPS) is 22.2. The van der Waals surface area contributed by atoms with Gasteiger partial charge in [-0.2, -0.15) is 10.1 Å². The van der Waals surface area contributed by atoms with E-state index in [4.69, 9.17) is 0 Å². The molecule has 0 spiro atoms. The second-order valence-electron chi connectivity index (χ2n) is 6.63. The van der Waals surface area contributed by atoms with E-state index in [1.807, 2.05) is 0 Å². The van der Waals surface area contributed by atoms with Gasteiger partial charge in [0.05, 0.1) is 4.92 Å². The second-order valence-corrected chi connectivity index (χ2v) is 6.63. The minimum Gasteiger partial charge on any atom is -0.328 e. The van der Waals surface area contributed by atoms with E-state index in [0.717, 1.165) is 17.7 Å². The number of aryl methyl sites for hydroxylation is 1. The first kappa shape index (κ1) is 15.5. The van der Waals surface area contributed by atoms with Gasteiger partial charge in [0.25, 0.3) is 5.69 Å². The average molecular weight is 339 g/mol. The Morgan fingerprint density at radius 1 is 1.28 bits per heavy atom. The number of non-ortho nitro benzene ring substituents is 1. The highest BCUT2D eigenvalue weighted by Crippen LogP contribution is 2.41. The molecule has 0 fully saturated rings. The first-order chi connectivity index (χ1) is 11.9. The highest BCUT2D eigenvalue weighted by molar-refractivity contribution is 5.99. The fourth-order valence-corrected chi connectivity index (χ4v) is 3.60. The topological polar surface area (TPSA) is 103 Å². The number of carbonyl (C=O) groups is 1. The number of Topliss-reactive ketones (excluding diaryl/α,β-unsaturated/α-hetero) is 1. The van der Waals surface area contributed by atoms with E-state index in [1.165, 1.54) is 12.1 Å². The molecule has 128 valence electrons. The molecule has 4 rings (SSSR count). The number of ketones is 1. The molecular weight excluding hydrogens is 322 g/mol. The summed E-state index contributed by atoms with van der Waals surface area (Å²) in [6, 6.07) is 5.87. The summed E-state index contributed by atoms with van der Waals surface area (Å²) in [4.78, 5) is 27.6. The molecule has 8 heteroatoms. The van der Waals surface area contributed by atoms with E-state index < -0.39 is 11.0 Å². The Hall–Kier alpha value is -3.03. The van der Waals surface area contributed by atoms with Crippen molar-refractivity contribution in [3.8, 4) is 0 Å². The van der Waals surface area contributed by atoms with Crippen LogP contribution >= 0.6 is 0 Å². The van der Waals surface area contributed by atoms with Gasteiger partial charge in [0.1, 0.15) is 11.9 Å². The predicted octanol–water partition coefficient (Wildman–Crippen LogP) is 2.76. The third-order valence-corrected chi connectivity index (χ3v) is 4.65. The van der Waals surface area contributed by atoms with Crippen LogP contribution in [0.5, 0.6) is 0 Å². The summed E-state index contributed by atoms with van der Waals surface area (Å²) in [5.41, 5.74) is 2.37. The lowest BCUT2D eigenvalue weighted by Gasteiger charge is -2.34. The fourth-order valence-electron chi connectivity index (χ4n) is 3.60. The van der Waals surface area contributed by atoms with Crippen LogP contribution in [0.2, 0.25) is 0 Å². The molecule has 2 atom stereocenters. The molecule has 0 amide bonds. The van der Waals surface area contributed by atoms with Crippen LogP contribution in [-0.2, 0) is 4.79 Å². The number of anilines is 1. The number of rotatable bonds is 2. The summed E-state index contributed by atoms with van der Waals surface area (Å²) in [6.07, 6.45) is 1.27. The lowest BCUT2D eigenvalue weighted by Crippen LogP contribution is -2.33. The average Bonchev–Trinajstić information content (AvgIpc) is 2.92. The first-order valence-electron chi connectivity index (χ1n) is 8.15. The number of aromatic nitrogens is 3. The third kappa shape index (κ3) is 2.50. The summed E-state index contributed by atoms with van der Waals surface area (Å²) in [5, 5.41) is 18.6. The summed E-state index contributed by atoms with van der Waals surface area (Å²) in [6.45, 7) is 3.85. The molecule has 0 unspecified atom stereocenters. The summed E-state index contributed by atoms with van der Waals surface area (Å²) in [7, 11) is 0. The Balaban J connectivity index is 1.87. The van der Waals surface area contributed by atoms with Crippen molar-refractivity contribution in [2.24, 2.45) is 5.92 Å². The number of nitrogens with one attached hydrogen (secondary N) is 1. The Kier molecular flexibility index (Phi) is 3.41. The quantitative estimate of drug-likeness (QED) is 0.666. The van der Waals surface area contributed by atoms with Crippen molar-refractivity contribution in [1.29, 1.82) is 0 Å². The van der Waals surface area contributed by atoms with E-state index in [0.29, 0.717) is 23.8 Å². The maximum atomic E-state index is 12.7. The molecule has 2 aliphatic rings. The Bertz CT molecular complexity index is 913. The monoisotopic (exact) mass is 339 g/mol. The van der Waals surface area contributed by atoms with Gasteiger partial charge < -0.3 is 5.32 Å². The summed E-state index contributed by atoms with van der Waals surface area (Å²) < 4.78 is 1.70. The van der Waals surface area contributed by atoms with Gasteiger partial charge >= 0.3 is 0 Å². The zero-order valence-corrected chi connectivity index (χ0v) is 13.9. The molecule has 2 heterocycles.